The summed E-state index contributed by atoms with van der Waals surface area (Å²) in [4.78, 5) is 7.15. The minimum atomic E-state index is -3.92. The van der Waals surface area contributed by atoms with E-state index in [2.05, 4.69) is 19.8 Å². The van der Waals surface area contributed by atoms with Crippen molar-refractivity contribution in [2.75, 3.05) is 4.72 Å². The predicted octanol–water partition coefficient (Wildman–Crippen LogP) is 2.19. The van der Waals surface area contributed by atoms with Crippen molar-refractivity contribution < 1.29 is 18.6 Å². The van der Waals surface area contributed by atoms with Crippen molar-refractivity contribution in [1.29, 1.82) is 0 Å². The molecule has 4 aromatic rings. The second-order valence-corrected chi connectivity index (χ2v) is 7.98. The third kappa shape index (κ3) is 3.45. The Labute approximate surface area is 164 Å². The maximum absolute atomic E-state index is 12.7. The van der Waals surface area contributed by atoms with Crippen LogP contribution < -0.4 is 4.72 Å². The number of fused-ring (bicyclic) bond motifs is 1. The van der Waals surface area contributed by atoms with Crippen LogP contribution in [0.4, 0.5) is 5.69 Å². The molecule has 0 amide bonds. The number of hydrogen-bond acceptors (Lipinski definition) is 6. The third-order valence-electron chi connectivity index (χ3n) is 3.96. The van der Waals surface area contributed by atoms with Crippen molar-refractivity contribution in [3.63, 3.8) is 0 Å². The minimum Gasteiger partial charge on any atom is -0.364 e. The van der Waals surface area contributed by atoms with Gasteiger partial charge in [-0.2, -0.15) is 5.10 Å². The van der Waals surface area contributed by atoms with Gasteiger partial charge in [-0.15, -0.1) is 0 Å². The molecule has 0 radical (unpaired) electrons. The first kappa shape index (κ1) is 18.4. The Morgan fingerprint density at radius 2 is 1.93 bits per heavy atom. The van der Waals surface area contributed by atoms with Crippen molar-refractivity contribution >= 4 is 38.3 Å². The summed E-state index contributed by atoms with van der Waals surface area (Å²) in [7, 11) is -3.92. The van der Waals surface area contributed by atoms with Gasteiger partial charge in [0.25, 0.3) is 10.0 Å². The van der Waals surface area contributed by atoms with E-state index in [9.17, 15) is 18.6 Å². The van der Waals surface area contributed by atoms with E-state index in [4.69, 9.17) is 11.6 Å². The Kier molecular flexibility index (Phi) is 4.55. The highest BCUT2D eigenvalue weighted by atomic mass is 35.5. The number of para-hydroxylation sites is 1. The van der Waals surface area contributed by atoms with Gasteiger partial charge in [-0.25, -0.2) is 18.1 Å². The van der Waals surface area contributed by atoms with E-state index in [0.29, 0.717) is 16.7 Å². The fraction of sp³-hybridized carbons (Fsp3) is 0.0588. The highest BCUT2D eigenvalue weighted by Crippen LogP contribution is 2.28. The topological polar surface area (TPSA) is 133 Å². The number of imidazole rings is 1. The molecule has 4 rings (SSSR count). The molecule has 0 aliphatic carbocycles. The molecule has 0 aliphatic rings. The SMILES string of the molecule is O=S(=O)(Nc1ccccc1)c1cc2nc(-n3cc(C(O)O)cn3)[nH]c2cc1Cl. The number of aromatic nitrogens is 4. The number of rotatable bonds is 5. The largest absolute Gasteiger partial charge is 0.364 e. The van der Waals surface area contributed by atoms with Crippen LogP contribution in [-0.4, -0.2) is 38.4 Å². The molecular weight excluding hydrogens is 406 g/mol. The van der Waals surface area contributed by atoms with Crippen LogP contribution in [0, 0.1) is 0 Å². The molecule has 28 heavy (non-hydrogen) atoms. The molecule has 11 heteroatoms. The summed E-state index contributed by atoms with van der Waals surface area (Å²) in [5.74, 6) is 0.267. The second-order valence-electron chi connectivity index (χ2n) is 5.92. The number of aliphatic hydroxyl groups is 2. The van der Waals surface area contributed by atoms with Gasteiger partial charge in [0.15, 0.2) is 6.29 Å². The Bertz CT molecular complexity index is 1250. The fourth-order valence-electron chi connectivity index (χ4n) is 2.61. The van der Waals surface area contributed by atoms with Gasteiger partial charge in [-0.05, 0) is 24.3 Å². The number of aliphatic hydroxyl groups excluding tert-OH is 1. The van der Waals surface area contributed by atoms with E-state index < -0.39 is 16.3 Å². The molecule has 0 spiro atoms. The van der Waals surface area contributed by atoms with Crippen LogP contribution >= 0.6 is 11.6 Å². The zero-order valence-electron chi connectivity index (χ0n) is 14.1. The quantitative estimate of drug-likeness (QED) is 0.366. The zero-order valence-corrected chi connectivity index (χ0v) is 15.7. The molecule has 2 aromatic heterocycles. The molecule has 0 saturated heterocycles. The molecule has 0 fully saturated rings. The maximum atomic E-state index is 12.7. The van der Waals surface area contributed by atoms with Crippen LogP contribution in [0.25, 0.3) is 17.0 Å². The average Bonchev–Trinajstić information content (AvgIpc) is 3.28. The monoisotopic (exact) mass is 419 g/mol. The lowest BCUT2D eigenvalue weighted by atomic mass is 10.3. The van der Waals surface area contributed by atoms with E-state index in [1.54, 1.807) is 30.3 Å². The van der Waals surface area contributed by atoms with Crippen molar-refractivity contribution in [3.05, 3.63) is 65.4 Å². The highest BCUT2D eigenvalue weighted by molar-refractivity contribution is 7.92. The number of nitrogens with one attached hydrogen (secondary N) is 2. The van der Waals surface area contributed by atoms with Gasteiger partial charge in [-0.3, -0.25) is 4.72 Å². The van der Waals surface area contributed by atoms with Gasteiger partial charge < -0.3 is 15.2 Å². The van der Waals surface area contributed by atoms with Crippen LogP contribution in [0.15, 0.2) is 59.8 Å². The molecule has 2 heterocycles. The van der Waals surface area contributed by atoms with Gasteiger partial charge in [-0.1, -0.05) is 29.8 Å². The van der Waals surface area contributed by atoms with E-state index in [-0.39, 0.29) is 21.4 Å². The van der Waals surface area contributed by atoms with E-state index in [1.165, 1.54) is 29.2 Å². The first-order valence-corrected chi connectivity index (χ1v) is 9.88. The van der Waals surface area contributed by atoms with E-state index in [0.717, 1.165) is 0 Å². The molecule has 2 aromatic carbocycles. The smallest absolute Gasteiger partial charge is 0.263 e. The van der Waals surface area contributed by atoms with E-state index >= 15 is 0 Å². The molecule has 0 unspecified atom stereocenters. The number of aromatic amines is 1. The zero-order chi connectivity index (χ0) is 19.9. The Balaban J connectivity index is 1.73. The molecule has 0 saturated carbocycles. The summed E-state index contributed by atoms with van der Waals surface area (Å²) < 4.78 is 29.2. The summed E-state index contributed by atoms with van der Waals surface area (Å²) in [5.41, 5.74) is 1.46. The Morgan fingerprint density at radius 3 is 2.61 bits per heavy atom. The number of hydrogen-bond donors (Lipinski definition) is 4. The molecule has 144 valence electrons. The summed E-state index contributed by atoms with van der Waals surface area (Å²) in [6.07, 6.45) is 1.01. The number of H-pyrrole nitrogens is 1. The lowest BCUT2D eigenvalue weighted by molar-refractivity contribution is -0.0425. The van der Waals surface area contributed by atoms with Crippen LogP contribution in [-0.2, 0) is 10.0 Å². The van der Waals surface area contributed by atoms with E-state index in [1.807, 2.05) is 0 Å². The first-order chi connectivity index (χ1) is 13.3. The number of anilines is 1. The standard InChI is InChI=1S/C17H14ClN5O4S/c18-12-6-13-14(21-17(20-13)23-9-10(8-19-23)16(24)25)7-15(12)28(26,27)22-11-4-2-1-3-5-11/h1-9,16,22,24-25H,(H,20,21). The average molecular weight is 420 g/mol. The summed E-state index contributed by atoms with van der Waals surface area (Å²) >= 11 is 6.20. The summed E-state index contributed by atoms with van der Waals surface area (Å²) in [6.45, 7) is 0. The van der Waals surface area contributed by atoms with Gasteiger partial charge in [0.1, 0.15) is 4.90 Å². The number of benzene rings is 2. The Morgan fingerprint density at radius 1 is 1.18 bits per heavy atom. The minimum absolute atomic E-state index is 0.0260. The highest BCUT2D eigenvalue weighted by Gasteiger charge is 2.21. The Hall–Kier alpha value is -2.92. The van der Waals surface area contributed by atoms with Gasteiger partial charge in [0, 0.05) is 17.4 Å². The molecule has 0 bridgehead atoms. The van der Waals surface area contributed by atoms with Gasteiger partial charge in [0.2, 0.25) is 5.95 Å². The molecular formula is C17H14ClN5O4S. The summed E-state index contributed by atoms with van der Waals surface area (Å²) in [5, 5.41) is 22.4. The van der Waals surface area contributed by atoms with Gasteiger partial charge in [0.05, 0.1) is 22.3 Å². The molecule has 0 atom stereocenters. The van der Waals surface area contributed by atoms with Gasteiger partial charge >= 0.3 is 0 Å². The predicted molar refractivity (Wildman–Crippen MR) is 103 cm³/mol. The van der Waals surface area contributed by atoms with Crippen molar-refractivity contribution in [3.8, 4) is 5.95 Å². The number of sulfonamides is 1. The van der Waals surface area contributed by atoms with Crippen LogP contribution in [0.2, 0.25) is 5.02 Å². The number of nitrogens with zero attached hydrogens (tertiary/aromatic N) is 3. The second kappa shape index (κ2) is 6.91. The van der Waals surface area contributed by atoms with Crippen molar-refractivity contribution in [2.24, 2.45) is 0 Å². The first-order valence-electron chi connectivity index (χ1n) is 8.02. The molecule has 0 aliphatic heterocycles. The third-order valence-corrected chi connectivity index (χ3v) is 5.80. The molecule has 9 nitrogen and oxygen atoms in total. The van der Waals surface area contributed by atoms with Crippen molar-refractivity contribution in [2.45, 2.75) is 11.2 Å². The van der Waals surface area contributed by atoms with Crippen molar-refractivity contribution in [1.82, 2.24) is 19.7 Å². The number of halogens is 1. The van der Waals surface area contributed by atoms with Crippen LogP contribution in [0.5, 0.6) is 0 Å². The summed E-state index contributed by atoms with van der Waals surface area (Å²) in [6, 6.07) is 11.3. The fourth-order valence-corrected chi connectivity index (χ4v) is 4.22. The lowest BCUT2D eigenvalue weighted by Crippen LogP contribution is -2.13. The van der Waals surface area contributed by atoms with Crippen LogP contribution in [0.1, 0.15) is 11.9 Å². The lowest BCUT2D eigenvalue weighted by Gasteiger charge is -2.09. The normalized spacial score (nSPS) is 12.0. The maximum Gasteiger partial charge on any atom is 0.263 e. The van der Waals surface area contributed by atoms with Crippen LogP contribution in [0.3, 0.4) is 0 Å². The molecule has 4 N–H and O–H groups in total.